The van der Waals surface area contributed by atoms with Crippen LogP contribution >= 0.6 is 0 Å². The average molecular weight is 193 g/mol. The molecule has 0 aliphatic heterocycles. The molecule has 0 fully saturated rings. The predicted molar refractivity (Wildman–Crippen MR) is 51.9 cm³/mol. The van der Waals surface area contributed by atoms with Crippen molar-refractivity contribution < 1.29 is 4.42 Å². The maximum absolute atomic E-state index is 5.35. The van der Waals surface area contributed by atoms with Gasteiger partial charge in [0.05, 0.1) is 5.69 Å². The monoisotopic (exact) mass is 193 g/mol. The van der Waals surface area contributed by atoms with Gasteiger partial charge in [-0.05, 0) is 6.92 Å². The predicted octanol–water partition coefficient (Wildman–Crippen LogP) is 0.297. The molecule has 0 radical (unpaired) electrons. The molecule has 0 aliphatic rings. The van der Waals surface area contributed by atoms with Gasteiger partial charge < -0.3 is 15.5 Å². The molecule has 0 aromatic carbocycles. The molecule has 74 valence electrons. The summed E-state index contributed by atoms with van der Waals surface area (Å²) in [4.78, 5) is 12.3. The summed E-state index contributed by atoms with van der Waals surface area (Å²) in [6, 6.07) is 0. The van der Waals surface area contributed by atoms with Gasteiger partial charge in [-0.1, -0.05) is 0 Å². The molecule has 2 aromatic rings. The second-order valence-corrected chi connectivity index (χ2v) is 2.85. The van der Waals surface area contributed by atoms with Crippen LogP contribution < -0.4 is 11.1 Å². The van der Waals surface area contributed by atoms with Crippen LogP contribution in [0.2, 0.25) is 0 Å². The van der Waals surface area contributed by atoms with Crippen molar-refractivity contribution in [1.29, 1.82) is 0 Å². The number of rotatable bonds is 3. The van der Waals surface area contributed by atoms with Gasteiger partial charge in [-0.15, -0.1) is 0 Å². The van der Waals surface area contributed by atoms with Gasteiger partial charge in [0.25, 0.3) is 5.71 Å². The number of aromatic nitrogens is 3. The summed E-state index contributed by atoms with van der Waals surface area (Å²) in [6.45, 7) is 3.04. The molecule has 0 unspecified atom stereocenters. The summed E-state index contributed by atoms with van der Waals surface area (Å²) in [7, 11) is 0. The van der Waals surface area contributed by atoms with Crippen LogP contribution in [0.3, 0.4) is 0 Å². The van der Waals surface area contributed by atoms with Gasteiger partial charge in [-0.3, -0.25) is 0 Å². The maximum atomic E-state index is 5.35. The van der Waals surface area contributed by atoms with E-state index in [9.17, 15) is 0 Å². The van der Waals surface area contributed by atoms with Crippen molar-refractivity contribution in [3.05, 3.63) is 12.1 Å². The fourth-order valence-corrected chi connectivity index (χ4v) is 1.16. The van der Waals surface area contributed by atoms with Crippen molar-refractivity contribution in [3.63, 3.8) is 0 Å². The summed E-state index contributed by atoms with van der Waals surface area (Å²) in [5, 5.41) is 2.98. The molecule has 0 atom stereocenters. The molecule has 2 rings (SSSR count). The van der Waals surface area contributed by atoms with E-state index in [1.54, 1.807) is 0 Å². The number of aryl methyl sites for hydroxylation is 1. The lowest BCUT2D eigenvalue weighted by Gasteiger charge is -2.02. The number of hydrogen-bond acceptors (Lipinski definition) is 6. The standard InChI is InChI=1S/C8H11N5O/c1-5-6-7(14-4-11-6)13-8(12-5)10-3-2-9/h4H,2-3,9H2,1H3,(H,10,12,13). The number of oxazole rings is 1. The highest BCUT2D eigenvalue weighted by Crippen LogP contribution is 2.14. The van der Waals surface area contributed by atoms with Gasteiger partial charge in [-0.25, -0.2) is 9.97 Å². The van der Waals surface area contributed by atoms with Gasteiger partial charge in [0.1, 0.15) is 0 Å². The van der Waals surface area contributed by atoms with E-state index in [0.29, 0.717) is 30.3 Å². The van der Waals surface area contributed by atoms with E-state index in [1.165, 1.54) is 6.39 Å². The molecule has 0 bridgehead atoms. The minimum atomic E-state index is 0.497. The Hall–Kier alpha value is -1.69. The van der Waals surface area contributed by atoms with Crippen molar-refractivity contribution in [3.8, 4) is 0 Å². The van der Waals surface area contributed by atoms with E-state index >= 15 is 0 Å². The molecule has 0 aliphatic carbocycles. The van der Waals surface area contributed by atoms with E-state index < -0.39 is 0 Å². The van der Waals surface area contributed by atoms with Crippen molar-refractivity contribution >= 4 is 17.2 Å². The second-order valence-electron chi connectivity index (χ2n) is 2.85. The first kappa shape index (κ1) is 8.89. The third-order valence-electron chi connectivity index (χ3n) is 1.80. The highest BCUT2D eigenvalue weighted by atomic mass is 16.3. The Morgan fingerprint density at radius 2 is 2.36 bits per heavy atom. The first-order chi connectivity index (χ1) is 6.81. The molecule has 14 heavy (non-hydrogen) atoms. The Bertz CT molecular complexity index is 438. The Morgan fingerprint density at radius 3 is 3.14 bits per heavy atom. The topological polar surface area (TPSA) is 89.9 Å². The first-order valence-electron chi connectivity index (χ1n) is 4.33. The van der Waals surface area contributed by atoms with Crippen molar-refractivity contribution in [2.24, 2.45) is 5.73 Å². The molecule has 6 heteroatoms. The largest absolute Gasteiger partial charge is 0.425 e. The zero-order valence-electron chi connectivity index (χ0n) is 7.82. The van der Waals surface area contributed by atoms with Crippen molar-refractivity contribution in [1.82, 2.24) is 15.0 Å². The van der Waals surface area contributed by atoms with E-state index in [1.807, 2.05) is 6.92 Å². The smallest absolute Gasteiger partial charge is 0.251 e. The van der Waals surface area contributed by atoms with E-state index in [4.69, 9.17) is 10.2 Å². The molecule has 0 amide bonds. The number of nitrogens with one attached hydrogen (secondary N) is 1. The van der Waals surface area contributed by atoms with Crippen LogP contribution in [0.1, 0.15) is 5.69 Å². The highest BCUT2D eigenvalue weighted by Gasteiger charge is 2.07. The van der Waals surface area contributed by atoms with Gasteiger partial charge in [0, 0.05) is 13.1 Å². The van der Waals surface area contributed by atoms with Crippen LogP contribution in [0.5, 0.6) is 0 Å². The number of fused-ring (bicyclic) bond motifs is 1. The van der Waals surface area contributed by atoms with Gasteiger partial charge in [0.15, 0.2) is 11.9 Å². The van der Waals surface area contributed by atoms with Crippen LogP contribution in [0.15, 0.2) is 10.8 Å². The number of hydrogen-bond donors (Lipinski definition) is 2. The second kappa shape index (κ2) is 3.59. The van der Waals surface area contributed by atoms with Crippen molar-refractivity contribution in [2.45, 2.75) is 6.92 Å². The summed E-state index contributed by atoms with van der Waals surface area (Å²) >= 11 is 0. The minimum absolute atomic E-state index is 0.497. The molecular weight excluding hydrogens is 182 g/mol. The number of anilines is 1. The summed E-state index contributed by atoms with van der Waals surface area (Å²) in [5.41, 5.74) is 7.34. The zero-order chi connectivity index (χ0) is 9.97. The molecule has 6 nitrogen and oxygen atoms in total. The number of nitrogens with two attached hydrogens (primary N) is 1. The fraction of sp³-hybridized carbons (Fsp3) is 0.375. The number of nitrogens with zero attached hydrogens (tertiary/aromatic N) is 3. The Balaban J connectivity index is 2.38. The first-order valence-corrected chi connectivity index (χ1v) is 4.33. The zero-order valence-corrected chi connectivity index (χ0v) is 7.82. The molecule has 3 N–H and O–H groups in total. The molecule has 2 heterocycles. The highest BCUT2D eigenvalue weighted by molar-refractivity contribution is 5.71. The quantitative estimate of drug-likeness (QED) is 0.728. The summed E-state index contributed by atoms with van der Waals surface area (Å²) in [5.74, 6) is 0.525. The maximum Gasteiger partial charge on any atom is 0.251 e. The Morgan fingerprint density at radius 1 is 1.50 bits per heavy atom. The van der Waals surface area contributed by atoms with E-state index in [2.05, 4.69) is 20.3 Å². The lowest BCUT2D eigenvalue weighted by molar-refractivity contribution is 0.590. The molecule has 0 saturated heterocycles. The van der Waals surface area contributed by atoms with Gasteiger partial charge >= 0.3 is 0 Å². The molecular formula is C8H11N5O. The SMILES string of the molecule is Cc1nc(NCCN)nc2ocnc12. The van der Waals surface area contributed by atoms with Crippen LogP contribution in [-0.4, -0.2) is 28.0 Å². The average Bonchev–Trinajstić information content (AvgIpc) is 2.63. The van der Waals surface area contributed by atoms with Gasteiger partial charge in [-0.2, -0.15) is 4.98 Å². The Labute approximate surface area is 80.6 Å². The minimum Gasteiger partial charge on any atom is -0.425 e. The third kappa shape index (κ3) is 1.51. The lowest BCUT2D eigenvalue weighted by atomic mass is 10.4. The molecule has 0 spiro atoms. The third-order valence-corrected chi connectivity index (χ3v) is 1.80. The van der Waals surface area contributed by atoms with Crippen LogP contribution in [0, 0.1) is 6.92 Å². The van der Waals surface area contributed by atoms with Crippen molar-refractivity contribution in [2.75, 3.05) is 18.4 Å². The molecule has 0 saturated carbocycles. The van der Waals surface area contributed by atoms with Crippen LogP contribution in [-0.2, 0) is 0 Å². The fourth-order valence-electron chi connectivity index (χ4n) is 1.16. The molecule has 2 aromatic heterocycles. The lowest BCUT2D eigenvalue weighted by Crippen LogP contribution is -2.15. The normalized spacial score (nSPS) is 10.7. The summed E-state index contributed by atoms with van der Waals surface area (Å²) < 4.78 is 5.09. The van der Waals surface area contributed by atoms with E-state index in [0.717, 1.165) is 5.69 Å². The Kier molecular flexibility index (Phi) is 2.28. The van der Waals surface area contributed by atoms with Gasteiger partial charge in [0.2, 0.25) is 5.95 Å². The summed E-state index contributed by atoms with van der Waals surface area (Å²) in [6.07, 6.45) is 1.36. The van der Waals surface area contributed by atoms with E-state index in [-0.39, 0.29) is 0 Å². The van der Waals surface area contributed by atoms with Crippen LogP contribution in [0.25, 0.3) is 11.2 Å². The van der Waals surface area contributed by atoms with Crippen LogP contribution in [0.4, 0.5) is 5.95 Å².